The summed E-state index contributed by atoms with van der Waals surface area (Å²) in [5.41, 5.74) is -0.410. The number of methoxy groups -OCH3 is 1. The van der Waals surface area contributed by atoms with Crippen LogP contribution in [0.4, 0.5) is 0 Å². The molecular weight excluding hydrogens is 296 g/mol. The molecule has 0 aromatic rings. The third kappa shape index (κ3) is 4.25. The van der Waals surface area contributed by atoms with Crippen LogP contribution in [0, 0.1) is 17.3 Å². The summed E-state index contributed by atoms with van der Waals surface area (Å²) in [5.74, 6) is 0.485. The minimum absolute atomic E-state index is 0.0892. The molecule has 2 fully saturated rings. The quantitative estimate of drug-likeness (QED) is 0.506. The summed E-state index contributed by atoms with van der Waals surface area (Å²) in [6.07, 6.45) is 2.66. The Bertz CT molecular complexity index is 406. The molecule has 0 aliphatic carbocycles. The van der Waals surface area contributed by atoms with Gasteiger partial charge in [0.15, 0.2) is 6.29 Å². The second-order valence-corrected chi connectivity index (χ2v) is 7.80. The van der Waals surface area contributed by atoms with Crippen molar-refractivity contribution in [3.63, 3.8) is 0 Å². The molecule has 2 bridgehead atoms. The molecule has 0 radical (unpaired) electrons. The molecule has 5 nitrogen and oxygen atoms in total. The van der Waals surface area contributed by atoms with Crippen LogP contribution in [-0.4, -0.2) is 44.3 Å². The van der Waals surface area contributed by atoms with Crippen molar-refractivity contribution in [2.75, 3.05) is 13.7 Å². The Kier molecular flexibility index (Phi) is 6.09. The standard InChI is InChI=1S/C18H32O5/c1-7-18(4,5)17(19)21-10-12-8-14-15(9-13(12)22-14)23-16(20-6)11(2)3/h11-16H,7-10H2,1-6H3. The maximum Gasteiger partial charge on any atom is 0.311 e. The summed E-state index contributed by atoms with van der Waals surface area (Å²) in [4.78, 5) is 12.1. The van der Waals surface area contributed by atoms with Gasteiger partial charge in [0, 0.05) is 25.4 Å². The maximum absolute atomic E-state index is 12.1. The van der Waals surface area contributed by atoms with Gasteiger partial charge in [0.05, 0.1) is 30.3 Å². The lowest BCUT2D eigenvalue weighted by Gasteiger charge is -2.30. The monoisotopic (exact) mass is 328 g/mol. The average Bonchev–Trinajstić information content (AvgIpc) is 3.09. The van der Waals surface area contributed by atoms with Gasteiger partial charge >= 0.3 is 5.97 Å². The highest BCUT2D eigenvalue weighted by Gasteiger charge is 2.49. The molecule has 0 saturated carbocycles. The van der Waals surface area contributed by atoms with E-state index < -0.39 is 5.41 Å². The van der Waals surface area contributed by atoms with Gasteiger partial charge in [-0.15, -0.1) is 0 Å². The van der Waals surface area contributed by atoms with Crippen molar-refractivity contribution in [1.82, 2.24) is 0 Å². The van der Waals surface area contributed by atoms with Crippen LogP contribution in [-0.2, 0) is 23.7 Å². The third-order valence-corrected chi connectivity index (χ3v) is 5.24. The fraction of sp³-hybridized carbons (Fsp3) is 0.944. The van der Waals surface area contributed by atoms with Crippen molar-refractivity contribution in [3.05, 3.63) is 0 Å². The van der Waals surface area contributed by atoms with Gasteiger partial charge in [0.2, 0.25) is 0 Å². The van der Waals surface area contributed by atoms with Crippen LogP contribution in [0.3, 0.4) is 0 Å². The molecule has 0 N–H and O–H groups in total. The largest absolute Gasteiger partial charge is 0.465 e. The molecule has 2 aliphatic rings. The number of hydrogen-bond donors (Lipinski definition) is 0. The minimum atomic E-state index is -0.410. The van der Waals surface area contributed by atoms with Crippen LogP contribution >= 0.6 is 0 Å². The van der Waals surface area contributed by atoms with Crippen molar-refractivity contribution in [1.29, 1.82) is 0 Å². The third-order valence-electron chi connectivity index (χ3n) is 5.24. The van der Waals surface area contributed by atoms with E-state index in [1.165, 1.54) is 0 Å². The molecule has 2 heterocycles. The molecule has 5 atom stereocenters. The van der Waals surface area contributed by atoms with Gasteiger partial charge in [0.1, 0.15) is 0 Å². The van der Waals surface area contributed by atoms with Gasteiger partial charge in [-0.05, 0) is 26.7 Å². The second kappa shape index (κ2) is 7.49. The summed E-state index contributed by atoms with van der Waals surface area (Å²) in [6, 6.07) is 0. The molecule has 23 heavy (non-hydrogen) atoms. The Morgan fingerprint density at radius 1 is 1.26 bits per heavy atom. The average molecular weight is 328 g/mol. The molecule has 0 amide bonds. The molecular formula is C18H32O5. The number of hydrogen-bond acceptors (Lipinski definition) is 5. The fourth-order valence-electron chi connectivity index (χ4n) is 3.21. The van der Waals surface area contributed by atoms with Crippen LogP contribution in [0.1, 0.15) is 53.9 Å². The number of ether oxygens (including phenoxy) is 4. The van der Waals surface area contributed by atoms with E-state index >= 15 is 0 Å². The summed E-state index contributed by atoms with van der Waals surface area (Å²) in [7, 11) is 1.68. The molecule has 0 aromatic carbocycles. The Hall–Kier alpha value is -0.650. The lowest BCUT2D eigenvalue weighted by Crippen LogP contribution is -2.37. The van der Waals surface area contributed by atoms with Gasteiger partial charge in [-0.25, -0.2) is 0 Å². The van der Waals surface area contributed by atoms with E-state index in [-0.39, 0.29) is 36.5 Å². The highest BCUT2D eigenvalue weighted by Crippen LogP contribution is 2.41. The van der Waals surface area contributed by atoms with Crippen molar-refractivity contribution in [2.24, 2.45) is 17.3 Å². The first-order chi connectivity index (χ1) is 10.8. The maximum atomic E-state index is 12.1. The minimum Gasteiger partial charge on any atom is -0.465 e. The molecule has 2 rings (SSSR count). The summed E-state index contributed by atoms with van der Waals surface area (Å²) in [6.45, 7) is 10.5. The van der Waals surface area contributed by atoms with Gasteiger partial charge in [-0.1, -0.05) is 20.8 Å². The molecule has 0 aromatic heterocycles. The molecule has 5 heteroatoms. The normalized spacial score (nSPS) is 31.6. The summed E-state index contributed by atoms with van der Waals surface area (Å²) >= 11 is 0. The van der Waals surface area contributed by atoms with Crippen LogP contribution in [0.15, 0.2) is 0 Å². The van der Waals surface area contributed by atoms with Gasteiger partial charge in [-0.3, -0.25) is 4.79 Å². The Morgan fingerprint density at radius 2 is 1.96 bits per heavy atom. The zero-order valence-corrected chi connectivity index (χ0v) is 15.3. The predicted molar refractivity (Wildman–Crippen MR) is 86.9 cm³/mol. The van der Waals surface area contributed by atoms with E-state index in [1.54, 1.807) is 7.11 Å². The zero-order chi connectivity index (χ0) is 17.2. The number of rotatable bonds is 8. The SMILES string of the molecule is CCC(C)(C)C(=O)OCC1CC2OC1CC2OC(OC)C(C)C. The Balaban J connectivity index is 1.79. The molecule has 2 saturated heterocycles. The lowest BCUT2D eigenvalue weighted by molar-refractivity contribution is -0.187. The van der Waals surface area contributed by atoms with Gasteiger partial charge < -0.3 is 18.9 Å². The van der Waals surface area contributed by atoms with E-state index in [2.05, 4.69) is 13.8 Å². The second-order valence-electron chi connectivity index (χ2n) is 7.80. The smallest absolute Gasteiger partial charge is 0.311 e. The summed E-state index contributed by atoms with van der Waals surface area (Å²) < 4.78 is 23.0. The van der Waals surface area contributed by atoms with Crippen LogP contribution < -0.4 is 0 Å². The van der Waals surface area contributed by atoms with Crippen molar-refractivity contribution in [3.8, 4) is 0 Å². The van der Waals surface area contributed by atoms with Crippen molar-refractivity contribution in [2.45, 2.75) is 78.5 Å². The first kappa shape index (κ1) is 18.7. The molecule has 134 valence electrons. The van der Waals surface area contributed by atoms with Gasteiger partial charge in [0.25, 0.3) is 0 Å². The molecule has 5 unspecified atom stereocenters. The first-order valence-corrected chi connectivity index (χ1v) is 8.79. The topological polar surface area (TPSA) is 54.0 Å². The number of fused-ring (bicyclic) bond motifs is 2. The van der Waals surface area contributed by atoms with Crippen LogP contribution in [0.5, 0.6) is 0 Å². The fourth-order valence-corrected chi connectivity index (χ4v) is 3.21. The van der Waals surface area contributed by atoms with Crippen molar-refractivity contribution < 1.29 is 23.7 Å². The number of esters is 1. The number of carbonyl (C=O) groups is 1. The van der Waals surface area contributed by atoms with Gasteiger partial charge in [-0.2, -0.15) is 0 Å². The number of carbonyl (C=O) groups excluding carboxylic acids is 1. The predicted octanol–water partition coefficient (Wildman–Crippen LogP) is 3.16. The van der Waals surface area contributed by atoms with Crippen LogP contribution in [0.25, 0.3) is 0 Å². The van der Waals surface area contributed by atoms with Crippen LogP contribution in [0.2, 0.25) is 0 Å². The van der Waals surface area contributed by atoms with E-state index in [0.29, 0.717) is 12.5 Å². The van der Waals surface area contributed by atoms with E-state index in [1.807, 2.05) is 20.8 Å². The molecule has 2 aliphatic heterocycles. The van der Waals surface area contributed by atoms with E-state index in [4.69, 9.17) is 18.9 Å². The highest BCUT2D eigenvalue weighted by molar-refractivity contribution is 5.75. The Labute approximate surface area is 140 Å². The van der Waals surface area contributed by atoms with E-state index in [0.717, 1.165) is 19.3 Å². The van der Waals surface area contributed by atoms with E-state index in [9.17, 15) is 4.79 Å². The molecule has 0 spiro atoms. The highest BCUT2D eigenvalue weighted by atomic mass is 16.7. The Morgan fingerprint density at radius 3 is 2.43 bits per heavy atom. The summed E-state index contributed by atoms with van der Waals surface area (Å²) in [5, 5.41) is 0. The zero-order valence-electron chi connectivity index (χ0n) is 15.3. The first-order valence-electron chi connectivity index (χ1n) is 8.79. The van der Waals surface area contributed by atoms with Crippen molar-refractivity contribution >= 4 is 5.97 Å². The lowest BCUT2D eigenvalue weighted by atomic mass is 9.87.